The van der Waals surface area contributed by atoms with Crippen molar-refractivity contribution < 1.29 is 29.0 Å². The van der Waals surface area contributed by atoms with E-state index in [4.69, 9.17) is 9.47 Å². The van der Waals surface area contributed by atoms with Crippen LogP contribution in [-0.4, -0.2) is 69.8 Å². The number of carbonyl (C=O) groups is 3. The van der Waals surface area contributed by atoms with Gasteiger partial charge >= 0.3 is 6.09 Å². The SMILES string of the molecule is Cc1ccc(Cn2cc(C(=O)NC(/C=C/c3cc4cc(O)ccc4n3C(=O)OC(C)(C)C)=C/N(C=O)COCC[Si](C)(C)C)cn2)cc1. The summed E-state index contributed by atoms with van der Waals surface area (Å²) in [7, 11) is -1.33. The molecule has 0 saturated heterocycles. The number of allylic oxidation sites excluding steroid dienone is 1. The standard InChI is InChI=1S/C36H45N5O6Si/c1-26-8-10-27(11-9-26)21-40-22-29(20-37-40)34(44)38-30(23-39(24-42)25-46-16-17-48(5,6)7)12-13-31-18-28-19-32(43)14-15-33(28)41(31)35(45)47-36(2,3)4/h8-15,18-20,22-24,43H,16-17,21,25H2,1-7H3,(H,38,44)/b13-12+,30-23+. The van der Waals surface area contributed by atoms with Crippen molar-refractivity contribution in [1.82, 2.24) is 24.6 Å². The van der Waals surface area contributed by atoms with Crippen LogP contribution in [0.25, 0.3) is 17.0 Å². The average molecular weight is 672 g/mol. The highest BCUT2D eigenvalue weighted by Crippen LogP contribution is 2.26. The molecule has 0 aliphatic carbocycles. The molecule has 4 rings (SSSR count). The maximum Gasteiger partial charge on any atom is 0.419 e. The lowest BCUT2D eigenvalue weighted by molar-refractivity contribution is -0.119. The predicted molar refractivity (Wildman–Crippen MR) is 189 cm³/mol. The van der Waals surface area contributed by atoms with E-state index < -0.39 is 25.7 Å². The average Bonchev–Trinajstić information content (AvgIpc) is 3.61. The second kappa shape index (κ2) is 15.3. The number of hydrogen-bond donors (Lipinski definition) is 2. The lowest BCUT2D eigenvalue weighted by atomic mass is 10.1. The van der Waals surface area contributed by atoms with Crippen molar-refractivity contribution in [3.8, 4) is 5.75 Å². The minimum Gasteiger partial charge on any atom is -0.508 e. The Hall–Kier alpha value is -4.94. The van der Waals surface area contributed by atoms with Crippen LogP contribution < -0.4 is 5.32 Å². The Kier molecular flexibility index (Phi) is 11.4. The first-order valence-electron chi connectivity index (χ1n) is 15.8. The van der Waals surface area contributed by atoms with Crippen molar-refractivity contribution in [2.75, 3.05) is 13.3 Å². The van der Waals surface area contributed by atoms with Crippen molar-refractivity contribution in [3.05, 3.63) is 101 Å². The summed E-state index contributed by atoms with van der Waals surface area (Å²) in [5, 5.41) is 17.9. The first kappa shape index (κ1) is 35.9. The minimum atomic E-state index is -1.33. The van der Waals surface area contributed by atoms with E-state index in [-0.39, 0.29) is 18.2 Å². The molecule has 48 heavy (non-hydrogen) atoms. The zero-order chi connectivity index (χ0) is 35.1. The van der Waals surface area contributed by atoms with Gasteiger partial charge in [-0.1, -0.05) is 49.5 Å². The van der Waals surface area contributed by atoms with Gasteiger partial charge in [-0.05, 0) is 75.7 Å². The first-order chi connectivity index (χ1) is 22.6. The molecule has 0 saturated carbocycles. The summed E-state index contributed by atoms with van der Waals surface area (Å²) < 4.78 is 14.5. The Balaban J connectivity index is 1.64. The number of fused-ring (bicyclic) bond motifs is 1. The van der Waals surface area contributed by atoms with Gasteiger partial charge in [0.1, 0.15) is 18.1 Å². The lowest BCUT2D eigenvalue weighted by Crippen LogP contribution is -2.28. The highest BCUT2D eigenvalue weighted by Gasteiger charge is 2.22. The molecule has 2 aromatic carbocycles. The number of phenols is 1. The number of nitrogens with zero attached hydrogens (tertiary/aromatic N) is 4. The Morgan fingerprint density at radius 1 is 1.08 bits per heavy atom. The summed E-state index contributed by atoms with van der Waals surface area (Å²) in [5.74, 6) is -0.393. The quantitative estimate of drug-likeness (QED) is 0.0530. The lowest BCUT2D eigenvalue weighted by Gasteiger charge is -2.20. The smallest absolute Gasteiger partial charge is 0.419 e. The van der Waals surface area contributed by atoms with Gasteiger partial charge in [0.15, 0.2) is 0 Å². The zero-order valence-corrected chi connectivity index (χ0v) is 29.7. The second-order valence-electron chi connectivity index (χ2n) is 13.9. The van der Waals surface area contributed by atoms with Gasteiger partial charge in [-0.15, -0.1) is 0 Å². The third-order valence-electron chi connectivity index (χ3n) is 7.12. The van der Waals surface area contributed by atoms with Crippen LogP contribution in [0.4, 0.5) is 4.79 Å². The number of amides is 2. The Bertz CT molecular complexity index is 1810. The van der Waals surface area contributed by atoms with Crippen LogP contribution in [0.1, 0.15) is 48.0 Å². The van der Waals surface area contributed by atoms with Crippen LogP contribution >= 0.6 is 0 Å². The molecule has 0 aliphatic heterocycles. The Labute approximate surface area is 282 Å². The van der Waals surface area contributed by atoms with Gasteiger partial charge < -0.3 is 19.9 Å². The largest absolute Gasteiger partial charge is 0.508 e. The van der Waals surface area contributed by atoms with Gasteiger partial charge in [0.25, 0.3) is 5.91 Å². The van der Waals surface area contributed by atoms with E-state index in [9.17, 15) is 19.5 Å². The molecule has 0 unspecified atom stereocenters. The van der Waals surface area contributed by atoms with E-state index in [0.717, 1.165) is 17.2 Å². The summed E-state index contributed by atoms with van der Waals surface area (Å²) in [6.07, 6.45) is 7.83. The van der Waals surface area contributed by atoms with Gasteiger partial charge in [-0.25, -0.2) is 9.36 Å². The number of phenolic OH excluding ortho intramolecular Hbond substituents is 1. The summed E-state index contributed by atoms with van der Waals surface area (Å²) in [6.45, 7) is 15.1. The maximum absolute atomic E-state index is 13.4. The summed E-state index contributed by atoms with van der Waals surface area (Å²) in [4.78, 5) is 40.1. The molecule has 0 fully saturated rings. The van der Waals surface area contributed by atoms with E-state index in [1.54, 1.807) is 62.0 Å². The normalized spacial score (nSPS) is 12.4. The Morgan fingerprint density at radius 3 is 2.48 bits per heavy atom. The van der Waals surface area contributed by atoms with Crippen molar-refractivity contribution in [2.24, 2.45) is 0 Å². The molecule has 4 aromatic rings. The van der Waals surface area contributed by atoms with Crippen molar-refractivity contribution in [1.29, 1.82) is 0 Å². The highest BCUT2D eigenvalue weighted by molar-refractivity contribution is 6.76. The van der Waals surface area contributed by atoms with E-state index in [0.29, 0.717) is 41.7 Å². The monoisotopic (exact) mass is 671 g/mol. The molecule has 254 valence electrons. The highest BCUT2D eigenvalue weighted by atomic mass is 28.3. The van der Waals surface area contributed by atoms with Gasteiger partial charge in [-0.3, -0.25) is 19.2 Å². The molecule has 0 radical (unpaired) electrons. The molecule has 0 aliphatic rings. The Morgan fingerprint density at radius 2 is 1.81 bits per heavy atom. The first-order valence-corrected chi connectivity index (χ1v) is 19.5. The molecule has 2 N–H and O–H groups in total. The third-order valence-corrected chi connectivity index (χ3v) is 8.82. The molecule has 0 spiro atoms. The van der Waals surface area contributed by atoms with Gasteiger partial charge in [-0.2, -0.15) is 5.10 Å². The molecule has 2 amide bonds. The fraction of sp³-hybridized carbons (Fsp3) is 0.333. The number of benzene rings is 2. The molecular formula is C36H45N5O6Si. The van der Waals surface area contributed by atoms with Gasteiger partial charge in [0.05, 0.1) is 35.2 Å². The van der Waals surface area contributed by atoms with Crippen LogP contribution in [0.5, 0.6) is 5.75 Å². The van der Waals surface area contributed by atoms with Crippen LogP contribution in [0.2, 0.25) is 25.7 Å². The van der Waals surface area contributed by atoms with Crippen LogP contribution in [0.3, 0.4) is 0 Å². The second-order valence-corrected chi connectivity index (χ2v) is 19.5. The van der Waals surface area contributed by atoms with E-state index in [1.165, 1.54) is 27.9 Å². The minimum absolute atomic E-state index is 0.00682. The topological polar surface area (TPSA) is 128 Å². The predicted octanol–water partition coefficient (Wildman–Crippen LogP) is 6.74. The molecule has 11 nitrogen and oxygen atoms in total. The number of aromatic nitrogens is 3. The molecule has 2 aromatic heterocycles. The van der Waals surface area contributed by atoms with Crippen molar-refractivity contribution in [2.45, 2.75) is 65.5 Å². The summed E-state index contributed by atoms with van der Waals surface area (Å²) in [6, 6.07) is 15.4. The van der Waals surface area contributed by atoms with Crippen LogP contribution in [0, 0.1) is 6.92 Å². The number of nitrogens with one attached hydrogen (secondary N) is 1. The molecule has 12 heteroatoms. The molecule has 2 heterocycles. The van der Waals surface area contributed by atoms with Crippen LogP contribution in [0.15, 0.2) is 78.9 Å². The fourth-order valence-corrected chi connectivity index (χ4v) is 5.38. The zero-order valence-electron chi connectivity index (χ0n) is 28.7. The molecule has 0 atom stereocenters. The van der Waals surface area contributed by atoms with Crippen molar-refractivity contribution >= 4 is 43.5 Å². The van der Waals surface area contributed by atoms with E-state index in [1.807, 2.05) is 31.2 Å². The van der Waals surface area contributed by atoms with Crippen LogP contribution in [-0.2, 0) is 20.8 Å². The van der Waals surface area contributed by atoms with Gasteiger partial charge in [0.2, 0.25) is 6.41 Å². The number of rotatable bonds is 13. The summed E-state index contributed by atoms with van der Waals surface area (Å²) in [5.41, 5.74) is 2.99. The fourth-order valence-electron chi connectivity index (χ4n) is 4.63. The molecular weight excluding hydrogens is 627 g/mol. The van der Waals surface area contributed by atoms with E-state index in [2.05, 4.69) is 30.1 Å². The number of carbonyl (C=O) groups excluding carboxylic acids is 3. The number of aryl methyl sites for hydroxylation is 1. The number of hydrogen-bond acceptors (Lipinski definition) is 7. The maximum atomic E-state index is 13.4. The number of aromatic hydroxyl groups is 1. The van der Waals surface area contributed by atoms with Crippen molar-refractivity contribution in [3.63, 3.8) is 0 Å². The number of ether oxygens (including phenoxy) is 2. The summed E-state index contributed by atoms with van der Waals surface area (Å²) >= 11 is 0. The molecule has 0 bridgehead atoms. The third kappa shape index (κ3) is 10.5. The van der Waals surface area contributed by atoms with Gasteiger partial charge in [0, 0.05) is 32.5 Å². The van der Waals surface area contributed by atoms with E-state index >= 15 is 0 Å².